The lowest BCUT2D eigenvalue weighted by atomic mass is 9.80. The molecule has 0 saturated carbocycles. The Morgan fingerprint density at radius 2 is 0.818 bits per heavy atom. The van der Waals surface area contributed by atoms with Crippen molar-refractivity contribution in [1.82, 2.24) is 0 Å². The lowest BCUT2D eigenvalue weighted by Gasteiger charge is -2.23. The fraction of sp³-hybridized carbons (Fsp3) is 0.164. The van der Waals surface area contributed by atoms with Crippen LogP contribution in [0.1, 0.15) is 75.3 Å². The predicted octanol–water partition coefficient (Wildman–Crippen LogP) is 15.3. The number of fused-ring (bicyclic) bond motifs is 6. The molecule has 55 heavy (non-hydrogen) atoms. The molecule has 0 nitrogen and oxygen atoms in total. The Kier molecular flexibility index (Phi) is 6.65. The van der Waals surface area contributed by atoms with Crippen molar-refractivity contribution < 1.29 is 0 Å². The van der Waals surface area contributed by atoms with E-state index in [1.165, 1.54) is 116 Å². The molecule has 264 valence electrons. The minimum absolute atomic E-state index is 0.0143. The van der Waals surface area contributed by atoms with Crippen molar-refractivity contribution in [2.24, 2.45) is 0 Å². The highest BCUT2D eigenvalue weighted by Crippen LogP contribution is 2.53. The zero-order valence-electron chi connectivity index (χ0n) is 32.5. The summed E-state index contributed by atoms with van der Waals surface area (Å²) in [6.45, 7) is 14.1. The SMILES string of the molecule is CC(C)c1cc2ccc3ccc(-c4cccc(-c5ccc6c(c5)C(C)(C)c5cc(-c7ccc8c(c7)C(C)(C)c7ccccc7-8)ccc5-6)c4)c4ccc(c1)c2c34. The van der Waals surface area contributed by atoms with Crippen LogP contribution in [0.3, 0.4) is 0 Å². The van der Waals surface area contributed by atoms with Crippen LogP contribution in [-0.2, 0) is 10.8 Å². The Bertz CT molecular complexity index is 3040. The predicted molar refractivity (Wildman–Crippen MR) is 236 cm³/mol. The Balaban J connectivity index is 0.962. The molecule has 2 aliphatic carbocycles. The molecule has 0 atom stereocenters. The lowest BCUT2D eigenvalue weighted by Crippen LogP contribution is -2.15. The van der Waals surface area contributed by atoms with Crippen molar-refractivity contribution in [3.8, 4) is 55.6 Å². The van der Waals surface area contributed by atoms with E-state index < -0.39 is 0 Å². The van der Waals surface area contributed by atoms with Crippen LogP contribution >= 0.6 is 0 Å². The van der Waals surface area contributed by atoms with Crippen LogP contribution in [0.15, 0.2) is 152 Å². The van der Waals surface area contributed by atoms with Gasteiger partial charge in [-0.2, -0.15) is 0 Å². The summed E-state index contributed by atoms with van der Waals surface area (Å²) >= 11 is 0. The van der Waals surface area contributed by atoms with Gasteiger partial charge in [0.2, 0.25) is 0 Å². The second-order valence-electron chi connectivity index (χ2n) is 17.5. The van der Waals surface area contributed by atoms with Crippen LogP contribution < -0.4 is 0 Å². The number of rotatable bonds is 4. The first kappa shape index (κ1) is 32.5. The molecule has 0 bridgehead atoms. The molecule has 0 aliphatic heterocycles. The molecule has 2 aliphatic rings. The molecule has 0 saturated heterocycles. The van der Waals surface area contributed by atoms with E-state index in [4.69, 9.17) is 0 Å². The molecule has 0 unspecified atom stereocenters. The fourth-order valence-corrected chi connectivity index (χ4v) is 10.3. The molecule has 9 aromatic carbocycles. The van der Waals surface area contributed by atoms with Gasteiger partial charge in [0.25, 0.3) is 0 Å². The van der Waals surface area contributed by atoms with E-state index in [1.54, 1.807) is 0 Å². The van der Waals surface area contributed by atoms with Gasteiger partial charge in [0.1, 0.15) is 0 Å². The van der Waals surface area contributed by atoms with Gasteiger partial charge in [-0.25, -0.2) is 0 Å². The molecule has 0 heteroatoms. The maximum Gasteiger partial charge on any atom is 0.0159 e. The summed E-state index contributed by atoms with van der Waals surface area (Å²) in [6.07, 6.45) is 0. The molecule has 9 aromatic rings. The molecule has 0 N–H and O–H groups in total. The standard InChI is InChI=1S/C55H44/c1-32(2)41-27-39-15-14-33-16-21-42(47-25-20-40(28-41)52(39)53(33)47)38-11-9-10-34(26-38)35-17-23-45-46-24-19-37(31-51(46)55(5,6)50(45)29-35)36-18-22-44-43-12-7-8-13-48(43)54(3,4)49(44)30-36/h7-32H,1-6H3. The summed E-state index contributed by atoms with van der Waals surface area (Å²) in [7, 11) is 0. The van der Waals surface area contributed by atoms with Crippen molar-refractivity contribution in [2.75, 3.05) is 0 Å². The highest BCUT2D eigenvalue weighted by molar-refractivity contribution is 6.25. The van der Waals surface area contributed by atoms with E-state index in [1.807, 2.05) is 0 Å². The molecule has 0 amide bonds. The van der Waals surface area contributed by atoms with Gasteiger partial charge in [-0.05, 0) is 146 Å². The van der Waals surface area contributed by atoms with Crippen LogP contribution in [0.25, 0.3) is 88.0 Å². The van der Waals surface area contributed by atoms with E-state index >= 15 is 0 Å². The van der Waals surface area contributed by atoms with Crippen LogP contribution in [0.2, 0.25) is 0 Å². The van der Waals surface area contributed by atoms with E-state index in [0.29, 0.717) is 5.92 Å². The van der Waals surface area contributed by atoms with Gasteiger partial charge in [-0.3, -0.25) is 0 Å². The van der Waals surface area contributed by atoms with E-state index in [9.17, 15) is 0 Å². The number of benzene rings is 9. The number of hydrogen-bond donors (Lipinski definition) is 0. The minimum atomic E-state index is -0.123. The molecular formula is C55H44. The highest BCUT2D eigenvalue weighted by Gasteiger charge is 2.37. The molecule has 0 fully saturated rings. The zero-order valence-corrected chi connectivity index (χ0v) is 32.5. The summed E-state index contributed by atoms with van der Waals surface area (Å²) in [4.78, 5) is 0. The average Bonchev–Trinajstić information content (AvgIpc) is 3.58. The number of hydrogen-bond acceptors (Lipinski definition) is 0. The molecule has 0 spiro atoms. The largest absolute Gasteiger partial charge is 0.0619 e. The molecule has 0 radical (unpaired) electrons. The topological polar surface area (TPSA) is 0 Å². The quantitative estimate of drug-likeness (QED) is 0.160. The van der Waals surface area contributed by atoms with Crippen LogP contribution in [0.4, 0.5) is 0 Å². The van der Waals surface area contributed by atoms with Crippen molar-refractivity contribution in [2.45, 2.75) is 58.3 Å². The van der Waals surface area contributed by atoms with Gasteiger partial charge >= 0.3 is 0 Å². The summed E-state index contributed by atoms with van der Waals surface area (Å²) in [6, 6.07) is 58.2. The second kappa shape index (κ2) is 11.3. The van der Waals surface area contributed by atoms with Crippen molar-refractivity contribution in [3.05, 3.63) is 179 Å². The maximum absolute atomic E-state index is 2.46. The van der Waals surface area contributed by atoms with Gasteiger partial charge in [-0.15, -0.1) is 0 Å². The Morgan fingerprint density at radius 3 is 1.44 bits per heavy atom. The van der Waals surface area contributed by atoms with Crippen LogP contribution in [0.5, 0.6) is 0 Å². The van der Waals surface area contributed by atoms with Gasteiger partial charge in [0.05, 0.1) is 0 Å². The average molecular weight is 705 g/mol. The molecular weight excluding hydrogens is 661 g/mol. The first-order valence-electron chi connectivity index (χ1n) is 19.9. The first-order valence-corrected chi connectivity index (χ1v) is 19.9. The second-order valence-corrected chi connectivity index (χ2v) is 17.5. The minimum Gasteiger partial charge on any atom is -0.0619 e. The molecule has 0 aromatic heterocycles. The lowest BCUT2D eigenvalue weighted by molar-refractivity contribution is 0.659. The third kappa shape index (κ3) is 4.58. The van der Waals surface area contributed by atoms with Gasteiger partial charge in [-0.1, -0.05) is 169 Å². The zero-order chi connectivity index (χ0) is 37.4. The highest BCUT2D eigenvalue weighted by atomic mass is 14.4. The van der Waals surface area contributed by atoms with Crippen molar-refractivity contribution in [3.63, 3.8) is 0 Å². The fourth-order valence-electron chi connectivity index (χ4n) is 10.3. The van der Waals surface area contributed by atoms with Crippen LogP contribution in [-0.4, -0.2) is 0 Å². The Morgan fingerprint density at radius 1 is 0.345 bits per heavy atom. The van der Waals surface area contributed by atoms with E-state index in [-0.39, 0.29) is 10.8 Å². The van der Waals surface area contributed by atoms with Crippen molar-refractivity contribution >= 4 is 32.3 Å². The smallest absolute Gasteiger partial charge is 0.0159 e. The van der Waals surface area contributed by atoms with Gasteiger partial charge in [0.15, 0.2) is 0 Å². The normalized spacial score (nSPS) is 14.8. The Hall–Kier alpha value is -5.98. The third-order valence-corrected chi connectivity index (χ3v) is 13.4. The van der Waals surface area contributed by atoms with Crippen LogP contribution in [0, 0.1) is 0 Å². The van der Waals surface area contributed by atoms with E-state index in [0.717, 1.165) is 0 Å². The first-order chi connectivity index (χ1) is 26.6. The summed E-state index contributed by atoms with van der Waals surface area (Å²) in [5.41, 5.74) is 20.0. The van der Waals surface area contributed by atoms with Gasteiger partial charge in [0, 0.05) is 10.8 Å². The summed E-state index contributed by atoms with van der Waals surface area (Å²) in [5.74, 6) is 0.499. The summed E-state index contributed by atoms with van der Waals surface area (Å²) in [5, 5.41) is 8.05. The molecule has 11 rings (SSSR count). The maximum atomic E-state index is 2.46. The van der Waals surface area contributed by atoms with Crippen molar-refractivity contribution in [1.29, 1.82) is 0 Å². The Labute approximate surface area is 324 Å². The summed E-state index contributed by atoms with van der Waals surface area (Å²) < 4.78 is 0. The monoisotopic (exact) mass is 704 g/mol. The van der Waals surface area contributed by atoms with Gasteiger partial charge < -0.3 is 0 Å². The van der Waals surface area contributed by atoms with E-state index in [2.05, 4.69) is 193 Å². The molecule has 0 heterocycles. The third-order valence-electron chi connectivity index (χ3n) is 13.4.